The van der Waals surface area contributed by atoms with E-state index < -0.39 is 0 Å². The van der Waals surface area contributed by atoms with E-state index in [2.05, 4.69) is 18.7 Å². The van der Waals surface area contributed by atoms with Crippen LogP contribution < -0.4 is 0 Å². The summed E-state index contributed by atoms with van der Waals surface area (Å²) < 4.78 is 5.20. The number of carbonyl (C=O) groups excluding carboxylic acids is 1. The number of furan rings is 1. The fourth-order valence-electron chi connectivity index (χ4n) is 1.48. The third-order valence-corrected chi connectivity index (χ3v) is 2.65. The van der Waals surface area contributed by atoms with E-state index in [4.69, 9.17) is 4.42 Å². The molecule has 0 unspecified atom stereocenters. The summed E-state index contributed by atoms with van der Waals surface area (Å²) >= 11 is 0. The largest absolute Gasteiger partial charge is 0.467 e. The van der Waals surface area contributed by atoms with Crippen molar-refractivity contribution in [3.05, 3.63) is 24.2 Å². The molecule has 1 heterocycles. The molecule has 0 aliphatic heterocycles. The van der Waals surface area contributed by atoms with E-state index in [0.717, 1.165) is 18.8 Å². The SMILES string of the molecule is CCN(CC)CC(=O)N(C)Cc1ccco1. The fraction of sp³-hybridized carbons (Fsp3) is 0.583. The molecule has 0 atom stereocenters. The molecule has 0 bridgehead atoms. The van der Waals surface area contributed by atoms with E-state index in [1.54, 1.807) is 18.2 Å². The summed E-state index contributed by atoms with van der Waals surface area (Å²) in [4.78, 5) is 15.6. The minimum absolute atomic E-state index is 0.125. The predicted octanol–water partition coefficient (Wildman–Crippen LogP) is 1.58. The Balaban J connectivity index is 2.41. The molecule has 0 aromatic carbocycles. The fourth-order valence-corrected chi connectivity index (χ4v) is 1.48. The summed E-state index contributed by atoms with van der Waals surface area (Å²) in [6.07, 6.45) is 1.62. The van der Waals surface area contributed by atoms with Crippen LogP contribution in [0.2, 0.25) is 0 Å². The van der Waals surface area contributed by atoms with Crippen molar-refractivity contribution in [1.82, 2.24) is 9.80 Å². The van der Waals surface area contributed by atoms with Crippen LogP contribution in [0.4, 0.5) is 0 Å². The van der Waals surface area contributed by atoms with Gasteiger partial charge in [-0.3, -0.25) is 9.69 Å². The van der Waals surface area contributed by atoms with E-state index in [1.807, 2.05) is 12.1 Å². The zero-order valence-corrected chi connectivity index (χ0v) is 10.3. The van der Waals surface area contributed by atoms with Gasteiger partial charge in [0.05, 0.1) is 19.4 Å². The molecule has 16 heavy (non-hydrogen) atoms. The standard InChI is InChI=1S/C12H20N2O2/c1-4-14(5-2)10-12(15)13(3)9-11-7-6-8-16-11/h6-8H,4-5,9-10H2,1-3H3. The van der Waals surface area contributed by atoms with Gasteiger partial charge >= 0.3 is 0 Å². The zero-order valence-electron chi connectivity index (χ0n) is 10.3. The second-order valence-electron chi connectivity index (χ2n) is 3.79. The minimum atomic E-state index is 0.125. The number of rotatable bonds is 6. The lowest BCUT2D eigenvalue weighted by Gasteiger charge is -2.22. The highest BCUT2D eigenvalue weighted by Crippen LogP contribution is 2.04. The molecule has 0 N–H and O–H groups in total. The molecule has 0 aliphatic carbocycles. The van der Waals surface area contributed by atoms with Crippen LogP contribution in [0, 0.1) is 0 Å². The van der Waals surface area contributed by atoms with Gasteiger partial charge in [-0.25, -0.2) is 0 Å². The van der Waals surface area contributed by atoms with Gasteiger partial charge in [-0.05, 0) is 25.2 Å². The average molecular weight is 224 g/mol. The summed E-state index contributed by atoms with van der Waals surface area (Å²) in [6.45, 7) is 6.93. The number of amides is 1. The van der Waals surface area contributed by atoms with Crippen molar-refractivity contribution in [3.8, 4) is 0 Å². The van der Waals surface area contributed by atoms with Crippen LogP contribution in [0.15, 0.2) is 22.8 Å². The van der Waals surface area contributed by atoms with Gasteiger partial charge in [-0.1, -0.05) is 13.8 Å². The van der Waals surface area contributed by atoms with Gasteiger partial charge in [-0.2, -0.15) is 0 Å². The van der Waals surface area contributed by atoms with Crippen molar-refractivity contribution in [1.29, 1.82) is 0 Å². The molecule has 90 valence electrons. The van der Waals surface area contributed by atoms with E-state index >= 15 is 0 Å². The third-order valence-electron chi connectivity index (χ3n) is 2.65. The summed E-state index contributed by atoms with van der Waals surface area (Å²) in [5.74, 6) is 0.940. The van der Waals surface area contributed by atoms with Crippen molar-refractivity contribution in [3.63, 3.8) is 0 Å². The average Bonchev–Trinajstić information content (AvgIpc) is 2.78. The molecule has 4 heteroatoms. The number of hydrogen-bond acceptors (Lipinski definition) is 3. The molecule has 0 spiro atoms. The number of hydrogen-bond donors (Lipinski definition) is 0. The summed E-state index contributed by atoms with van der Waals surface area (Å²) in [6, 6.07) is 3.71. The molecule has 0 aliphatic rings. The van der Waals surface area contributed by atoms with Crippen LogP contribution in [-0.2, 0) is 11.3 Å². The Morgan fingerprint density at radius 1 is 1.38 bits per heavy atom. The highest BCUT2D eigenvalue weighted by Gasteiger charge is 2.13. The van der Waals surface area contributed by atoms with Crippen LogP contribution >= 0.6 is 0 Å². The number of likely N-dealkylation sites (N-methyl/N-ethyl adjacent to an activating group) is 2. The van der Waals surface area contributed by atoms with E-state index in [1.165, 1.54) is 0 Å². The maximum atomic E-state index is 11.8. The Labute approximate surface area is 96.8 Å². The normalized spacial score (nSPS) is 10.8. The van der Waals surface area contributed by atoms with Gasteiger partial charge in [0.1, 0.15) is 5.76 Å². The quantitative estimate of drug-likeness (QED) is 0.736. The smallest absolute Gasteiger partial charge is 0.236 e. The monoisotopic (exact) mass is 224 g/mol. The first-order chi connectivity index (χ1) is 7.67. The van der Waals surface area contributed by atoms with Gasteiger partial charge in [-0.15, -0.1) is 0 Å². The lowest BCUT2D eigenvalue weighted by molar-refractivity contribution is -0.131. The Kier molecular flexibility index (Phi) is 5.05. The molecule has 1 aromatic rings. The van der Waals surface area contributed by atoms with Gasteiger partial charge in [0.25, 0.3) is 0 Å². The van der Waals surface area contributed by atoms with E-state index in [9.17, 15) is 4.79 Å². The highest BCUT2D eigenvalue weighted by molar-refractivity contribution is 5.77. The van der Waals surface area contributed by atoms with Gasteiger partial charge in [0.15, 0.2) is 0 Å². The van der Waals surface area contributed by atoms with Crippen molar-refractivity contribution < 1.29 is 9.21 Å². The molecular formula is C12H20N2O2. The maximum Gasteiger partial charge on any atom is 0.236 e. The topological polar surface area (TPSA) is 36.7 Å². The minimum Gasteiger partial charge on any atom is -0.467 e. The lowest BCUT2D eigenvalue weighted by Crippen LogP contribution is -2.37. The van der Waals surface area contributed by atoms with Crippen LogP contribution in [0.3, 0.4) is 0 Å². The molecule has 0 saturated heterocycles. The molecule has 4 nitrogen and oxygen atoms in total. The Bertz CT molecular complexity index is 305. The Morgan fingerprint density at radius 2 is 2.06 bits per heavy atom. The van der Waals surface area contributed by atoms with Crippen molar-refractivity contribution >= 4 is 5.91 Å². The number of nitrogens with zero attached hydrogens (tertiary/aromatic N) is 2. The first-order valence-corrected chi connectivity index (χ1v) is 5.66. The Morgan fingerprint density at radius 3 is 2.56 bits per heavy atom. The first-order valence-electron chi connectivity index (χ1n) is 5.66. The van der Waals surface area contributed by atoms with Crippen LogP contribution in [0.25, 0.3) is 0 Å². The summed E-state index contributed by atoms with van der Waals surface area (Å²) in [5.41, 5.74) is 0. The molecule has 1 amide bonds. The van der Waals surface area contributed by atoms with Gasteiger partial charge in [0.2, 0.25) is 5.91 Å². The highest BCUT2D eigenvalue weighted by atomic mass is 16.3. The lowest BCUT2D eigenvalue weighted by atomic mass is 10.4. The van der Waals surface area contributed by atoms with Crippen molar-refractivity contribution in [2.24, 2.45) is 0 Å². The molecule has 0 radical (unpaired) electrons. The van der Waals surface area contributed by atoms with E-state index in [0.29, 0.717) is 13.1 Å². The summed E-state index contributed by atoms with van der Waals surface area (Å²) in [7, 11) is 1.80. The van der Waals surface area contributed by atoms with Crippen LogP contribution in [0.1, 0.15) is 19.6 Å². The second kappa shape index (κ2) is 6.33. The molecule has 0 fully saturated rings. The molecule has 1 aromatic heterocycles. The second-order valence-corrected chi connectivity index (χ2v) is 3.79. The van der Waals surface area contributed by atoms with Gasteiger partial charge < -0.3 is 9.32 Å². The number of carbonyl (C=O) groups is 1. The summed E-state index contributed by atoms with van der Waals surface area (Å²) in [5, 5.41) is 0. The predicted molar refractivity (Wildman–Crippen MR) is 63.0 cm³/mol. The zero-order chi connectivity index (χ0) is 12.0. The van der Waals surface area contributed by atoms with E-state index in [-0.39, 0.29) is 5.91 Å². The van der Waals surface area contributed by atoms with Crippen molar-refractivity contribution in [2.75, 3.05) is 26.7 Å². The van der Waals surface area contributed by atoms with Crippen molar-refractivity contribution in [2.45, 2.75) is 20.4 Å². The maximum absolute atomic E-state index is 11.8. The first kappa shape index (κ1) is 12.8. The van der Waals surface area contributed by atoms with Crippen LogP contribution in [-0.4, -0.2) is 42.4 Å². The van der Waals surface area contributed by atoms with Crippen LogP contribution in [0.5, 0.6) is 0 Å². The van der Waals surface area contributed by atoms with Gasteiger partial charge in [0, 0.05) is 7.05 Å². The third kappa shape index (κ3) is 3.70. The molecule has 0 saturated carbocycles. The Hall–Kier alpha value is -1.29. The molecule has 1 rings (SSSR count). The molecular weight excluding hydrogens is 204 g/mol.